The molecule has 0 spiro atoms. The van der Waals surface area contributed by atoms with Gasteiger partial charge in [0.2, 0.25) is 5.91 Å². The normalized spacial score (nSPS) is 24.4. The summed E-state index contributed by atoms with van der Waals surface area (Å²) in [6.45, 7) is 0. The van der Waals surface area contributed by atoms with Crippen LogP contribution in [-0.4, -0.2) is 24.0 Å². The average Bonchev–Trinajstić information content (AvgIpc) is 2.39. The molecule has 2 rings (SSSR count). The zero-order valence-electron chi connectivity index (χ0n) is 10.2. The Morgan fingerprint density at radius 2 is 2.00 bits per heavy atom. The average molecular weight is 233 g/mol. The standard InChI is InChI=1S/C13H19N3O/c1-16(10-6-8-15-9-7-10)13(17)11-4-2-3-5-12(11)14/h6-9,11-12H,2-5,14H2,1H3. The van der Waals surface area contributed by atoms with E-state index in [4.69, 9.17) is 5.73 Å². The Bertz CT molecular complexity index is 380. The van der Waals surface area contributed by atoms with Gasteiger partial charge < -0.3 is 10.6 Å². The number of hydrogen-bond acceptors (Lipinski definition) is 3. The van der Waals surface area contributed by atoms with Crippen LogP contribution in [0.4, 0.5) is 5.69 Å². The van der Waals surface area contributed by atoms with E-state index in [0.717, 1.165) is 31.4 Å². The monoisotopic (exact) mass is 233 g/mol. The van der Waals surface area contributed by atoms with Crippen molar-refractivity contribution in [1.29, 1.82) is 0 Å². The quantitative estimate of drug-likeness (QED) is 0.843. The van der Waals surface area contributed by atoms with Crippen molar-refractivity contribution in [2.24, 2.45) is 11.7 Å². The molecule has 2 atom stereocenters. The lowest BCUT2D eigenvalue weighted by Crippen LogP contribution is -2.44. The summed E-state index contributed by atoms with van der Waals surface area (Å²) >= 11 is 0. The van der Waals surface area contributed by atoms with E-state index >= 15 is 0 Å². The van der Waals surface area contributed by atoms with Gasteiger partial charge in [-0.25, -0.2) is 0 Å². The van der Waals surface area contributed by atoms with Crippen molar-refractivity contribution in [1.82, 2.24) is 4.98 Å². The molecule has 2 unspecified atom stereocenters. The van der Waals surface area contributed by atoms with Crippen molar-refractivity contribution >= 4 is 11.6 Å². The second kappa shape index (κ2) is 5.27. The predicted molar refractivity (Wildman–Crippen MR) is 67.6 cm³/mol. The largest absolute Gasteiger partial charge is 0.327 e. The molecular formula is C13H19N3O. The van der Waals surface area contributed by atoms with Crippen LogP contribution in [0.25, 0.3) is 0 Å². The first-order valence-electron chi connectivity index (χ1n) is 6.13. The van der Waals surface area contributed by atoms with E-state index in [0.29, 0.717) is 0 Å². The summed E-state index contributed by atoms with van der Waals surface area (Å²) in [4.78, 5) is 18.0. The number of carbonyl (C=O) groups excluding carboxylic acids is 1. The molecule has 1 heterocycles. The minimum Gasteiger partial charge on any atom is -0.327 e. The number of amides is 1. The summed E-state index contributed by atoms with van der Waals surface area (Å²) in [5.41, 5.74) is 6.91. The molecule has 1 aromatic heterocycles. The van der Waals surface area contributed by atoms with Gasteiger partial charge in [-0.15, -0.1) is 0 Å². The van der Waals surface area contributed by atoms with Gasteiger partial charge in [0.1, 0.15) is 0 Å². The third kappa shape index (κ3) is 2.64. The lowest BCUT2D eigenvalue weighted by Gasteiger charge is -2.31. The number of nitrogens with two attached hydrogens (primary N) is 1. The van der Waals surface area contributed by atoms with Gasteiger partial charge in [0.05, 0.1) is 5.92 Å². The van der Waals surface area contributed by atoms with E-state index in [1.807, 2.05) is 12.1 Å². The minimum absolute atomic E-state index is 0.0144. The van der Waals surface area contributed by atoms with Crippen molar-refractivity contribution in [2.75, 3.05) is 11.9 Å². The molecule has 0 saturated heterocycles. The van der Waals surface area contributed by atoms with E-state index in [9.17, 15) is 4.79 Å². The number of anilines is 1. The van der Waals surface area contributed by atoms with Crippen molar-refractivity contribution in [2.45, 2.75) is 31.7 Å². The van der Waals surface area contributed by atoms with Crippen LogP contribution in [-0.2, 0) is 4.79 Å². The van der Waals surface area contributed by atoms with Gasteiger partial charge in [-0.1, -0.05) is 12.8 Å². The van der Waals surface area contributed by atoms with Gasteiger partial charge in [0.15, 0.2) is 0 Å². The highest BCUT2D eigenvalue weighted by Gasteiger charge is 2.30. The first-order chi connectivity index (χ1) is 8.20. The van der Waals surface area contributed by atoms with Crippen LogP contribution in [0.15, 0.2) is 24.5 Å². The van der Waals surface area contributed by atoms with Crippen molar-refractivity contribution in [3.05, 3.63) is 24.5 Å². The number of aromatic nitrogens is 1. The molecule has 0 radical (unpaired) electrons. The SMILES string of the molecule is CN(C(=O)C1CCCCC1N)c1ccncc1. The summed E-state index contributed by atoms with van der Waals surface area (Å²) in [5, 5.41) is 0. The van der Waals surface area contributed by atoms with E-state index in [-0.39, 0.29) is 17.9 Å². The minimum atomic E-state index is -0.0260. The fourth-order valence-corrected chi connectivity index (χ4v) is 2.41. The fraction of sp³-hybridized carbons (Fsp3) is 0.538. The van der Waals surface area contributed by atoms with Crippen LogP contribution in [0.1, 0.15) is 25.7 Å². The van der Waals surface area contributed by atoms with Gasteiger partial charge >= 0.3 is 0 Å². The maximum Gasteiger partial charge on any atom is 0.231 e. The van der Waals surface area contributed by atoms with Crippen molar-refractivity contribution < 1.29 is 4.79 Å². The first kappa shape index (κ1) is 12.0. The van der Waals surface area contributed by atoms with Gasteiger partial charge in [-0.05, 0) is 25.0 Å². The molecule has 0 aliphatic heterocycles. The number of pyridine rings is 1. The lowest BCUT2D eigenvalue weighted by molar-refractivity contribution is -0.123. The third-order valence-corrected chi connectivity index (χ3v) is 3.52. The molecule has 4 nitrogen and oxygen atoms in total. The Kier molecular flexibility index (Phi) is 3.74. The van der Waals surface area contributed by atoms with Crippen molar-refractivity contribution in [3.8, 4) is 0 Å². The van der Waals surface area contributed by atoms with Gasteiger partial charge in [0, 0.05) is 31.2 Å². The van der Waals surface area contributed by atoms with E-state index in [1.165, 1.54) is 0 Å². The molecule has 4 heteroatoms. The van der Waals surface area contributed by atoms with Crippen LogP contribution in [0.5, 0.6) is 0 Å². The molecule has 17 heavy (non-hydrogen) atoms. The molecule has 1 aliphatic carbocycles. The second-order valence-electron chi connectivity index (χ2n) is 4.66. The Balaban J connectivity index is 2.09. The van der Waals surface area contributed by atoms with Crippen LogP contribution in [0.3, 0.4) is 0 Å². The molecule has 92 valence electrons. The number of nitrogens with zero attached hydrogens (tertiary/aromatic N) is 2. The first-order valence-corrected chi connectivity index (χ1v) is 6.13. The number of rotatable bonds is 2. The Morgan fingerprint density at radius 1 is 1.35 bits per heavy atom. The summed E-state index contributed by atoms with van der Waals surface area (Å²) < 4.78 is 0. The van der Waals surface area contributed by atoms with Gasteiger partial charge in [0.25, 0.3) is 0 Å². The lowest BCUT2D eigenvalue weighted by atomic mass is 9.84. The van der Waals surface area contributed by atoms with Crippen LogP contribution in [0, 0.1) is 5.92 Å². The highest BCUT2D eigenvalue weighted by Crippen LogP contribution is 2.26. The summed E-state index contributed by atoms with van der Waals surface area (Å²) in [6.07, 6.45) is 7.51. The summed E-state index contributed by atoms with van der Waals surface area (Å²) in [6, 6.07) is 3.69. The second-order valence-corrected chi connectivity index (χ2v) is 4.66. The van der Waals surface area contributed by atoms with E-state index in [2.05, 4.69) is 4.98 Å². The number of carbonyl (C=O) groups is 1. The molecule has 1 saturated carbocycles. The summed E-state index contributed by atoms with van der Waals surface area (Å²) in [5.74, 6) is 0.102. The highest BCUT2D eigenvalue weighted by molar-refractivity contribution is 5.94. The topological polar surface area (TPSA) is 59.2 Å². The van der Waals surface area contributed by atoms with Gasteiger partial charge in [-0.2, -0.15) is 0 Å². The van der Waals surface area contributed by atoms with Crippen LogP contribution in [0.2, 0.25) is 0 Å². The molecule has 1 aromatic rings. The van der Waals surface area contributed by atoms with Gasteiger partial charge in [-0.3, -0.25) is 9.78 Å². The number of hydrogen-bond donors (Lipinski definition) is 1. The predicted octanol–water partition coefficient (Wildman–Crippen LogP) is 1.56. The van der Waals surface area contributed by atoms with Crippen LogP contribution >= 0.6 is 0 Å². The Hall–Kier alpha value is -1.42. The molecule has 1 fully saturated rings. The zero-order chi connectivity index (χ0) is 12.3. The van der Waals surface area contributed by atoms with E-state index < -0.39 is 0 Å². The maximum atomic E-state index is 12.3. The summed E-state index contributed by atoms with van der Waals surface area (Å²) in [7, 11) is 1.80. The zero-order valence-corrected chi connectivity index (χ0v) is 10.2. The molecule has 0 aromatic carbocycles. The molecule has 1 aliphatic rings. The molecular weight excluding hydrogens is 214 g/mol. The van der Waals surface area contributed by atoms with Crippen molar-refractivity contribution in [3.63, 3.8) is 0 Å². The smallest absolute Gasteiger partial charge is 0.231 e. The van der Waals surface area contributed by atoms with Crippen LogP contribution < -0.4 is 10.6 Å². The Morgan fingerprint density at radius 3 is 2.65 bits per heavy atom. The third-order valence-electron chi connectivity index (χ3n) is 3.52. The maximum absolute atomic E-state index is 12.3. The molecule has 0 bridgehead atoms. The van der Waals surface area contributed by atoms with E-state index in [1.54, 1.807) is 24.3 Å². The Labute approximate surface area is 102 Å². The molecule has 1 amide bonds. The highest BCUT2D eigenvalue weighted by atomic mass is 16.2. The molecule has 2 N–H and O–H groups in total. The fourth-order valence-electron chi connectivity index (χ4n) is 2.41.